The molecule has 1 unspecified atom stereocenters. The lowest BCUT2D eigenvalue weighted by molar-refractivity contribution is -0.0504. The van der Waals surface area contributed by atoms with Crippen LogP contribution in [0.1, 0.15) is 5.56 Å². The van der Waals surface area contributed by atoms with E-state index in [0.717, 1.165) is 48.9 Å². The van der Waals surface area contributed by atoms with Gasteiger partial charge < -0.3 is 14.2 Å². The molecule has 5 heteroatoms. The van der Waals surface area contributed by atoms with Gasteiger partial charge in [0.15, 0.2) is 0 Å². The summed E-state index contributed by atoms with van der Waals surface area (Å²) in [6.45, 7) is 3.99. The lowest BCUT2D eigenvalue weighted by Crippen LogP contribution is -2.44. The number of methoxy groups -OCH3 is 1. The maximum absolute atomic E-state index is 6.01. The first-order valence-electron chi connectivity index (χ1n) is 9.90. The molecule has 0 spiro atoms. The van der Waals surface area contributed by atoms with Crippen LogP contribution in [-0.4, -0.2) is 49.4 Å². The summed E-state index contributed by atoms with van der Waals surface area (Å²) in [5, 5.41) is 0. The molecule has 1 atom stereocenters. The molecule has 0 N–H and O–H groups in total. The fourth-order valence-electron chi connectivity index (χ4n) is 3.49. The molecule has 1 aliphatic heterocycles. The molecule has 4 rings (SSSR count). The van der Waals surface area contributed by atoms with Crippen molar-refractivity contribution in [2.75, 3.05) is 33.4 Å². The van der Waals surface area contributed by atoms with Gasteiger partial charge in [-0.25, -0.2) is 0 Å². The molecule has 0 bridgehead atoms. The molecule has 1 saturated heterocycles. The number of hydrogen-bond acceptors (Lipinski definition) is 5. The Kier molecular flexibility index (Phi) is 6.39. The average molecular weight is 390 g/mol. The Morgan fingerprint density at radius 2 is 1.83 bits per heavy atom. The van der Waals surface area contributed by atoms with E-state index in [9.17, 15) is 0 Å². The molecule has 1 aliphatic rings. The molecule has 2 aromatic carbocycles. The van der Waals surface area contributed by atoms with E-state index in [2.05, 4.69) is 34.1 Å². The van der Waals surface area contributed by atoms with E-state index < -0.39 is 0 Å². The smallest absolute Gasteiger partial charge is 0.138 e. The highest BCUT2D eigenvalue weighted by Crippen LogP contribution is 2.25. The Morgan fingerprint density at radius 3 is 2.62 bits per heavy atom. The zero-order valence-corrected chi connectivity index (χ0v) is 16.7. The van der Waals surface area contributed by atoms with Crippen molar-refractivity contribution >= 4 is 0 Å². The number of hydrogen-bond donors (Lipinski definition) is 0. The summed E-state index contributed by atoms with van der Waals surface area (Å²) < 4.78 is 17.1. The second-order valence-corrected chi connectivity index (χ2v) is 7.16. The first kappa shape index (κ1) is 19.4. The molecule has 0 aliphatic carbocycles. The third kappa shape index (κ3) is 5.34. The molecule has 0 saturated carbocycles. The van der Waals surface area contributed by atoms with Crippen LogP contribution in [0.4, 0.5) is 0 Å². The van der Waals surface area contributed by atoms with E-state index in [1.807, 2.05) is 42.6 Å². The second-order valence-electron chi connectivity index (χ2n) is 7.16. The summed E-state index contributed by atoms with van der Waals surface area (Å²) in [5.74, 6) is 1.59. The fraction of sp³-hybridized carbons (Fsp3) is 0.292. The predicted octanol–water partition coefficient (Wildman–Crippen LogP) is 4.04. The fourth-order valence-corrected chi connectivity index (χ4v) is 3.49. The van der Waals surface area contributed by atoms with E-state index in [1.165, 1.54) is 5.56 Å². The van der Waals surface area contributed by atoms with Crippen LogP contribution in [0.15, 0.2) is 73.1 Å². The maximum atomic E-state index is 6.01. The van der Waals surface area contributed by atoms with Gasteiger partial charge in [-0.1, -0.05) is 42.5 Å². The summed E-state index contributed by atoms with van der Waals surface area (Å²) in [5.41, 5.74) is 3.41. The van der Waals surface area contributed by atoms with Gasteiger partial charge in [-0.3, -0.25) is 9.88 Å². The van der Waals surface area contributed by atoms with Gasteiger partial charge in [-0.05, 0) is 29.3 Å². The average Bonchev–Trinajstić information content (AvgIpc) is 2.79. The van der Waals surface area contributed by atoms with E-state index in [-0.39, 0.29) is 6.10 Å². The van der Waals surface area contributed by atoms with Crippen LogP contribution in [0.3, 0.4) is 0 Å². The quantitative estimate of drug-likeness (QED) is 0.609. The lowest BCUT2D eigenvalue weighted by Gasteiger charge is -2.32. The minimum Gasteiger partial charge on any atom is -0.497 e. The number of benzene rings is 2. The first-order chi connectivity index (χ1) is 14.3. The topological polar surface area (TPSA) is 43.8 Å². The minimum atomic E-state index is 0.0529. The molecule has 0 amide bonds. The molecule has 1 aromatic heterocycles. The number of morpholine rings is 1. The van der Waals surface area contributed by atoms with Crippen molar-refractivity contribution < 1.29 is 14.2 Å². The standard InChI is InChI=1S/C24H26N2O3/c1-27-22-9-7-20(8-10-22)21-13-23(15-25-14-21)29-18-24-17-26(11-12-28-24)16-19-5-3-2-4-6-19/h2-10,13-15,24H,11-12,16-18H2,1H3. The van der Waals surface area contributed by atoms with Crippen molar-refractivity contribution in [3.05, 3.63) is 78.6 Å². The minimum absolute atomic E-state index is 0.0529. The van der Waals surface area contributed by atoms with Gasteiger partial charge in [0.05, 0.1) is 19.9 Å². The Morgan fingerprint density at radius 1 is 1.00 bits per heavy atom. The van der Waals surface area contributed by atoms with Gasteiger partial charge >= 0.3 is 0 Å². The SMILES string of the molecule is COc1ccc(-c2cncc(OCC3CN(Cc4ccccc4)CCO3)c2)cc1. The summed E-state index contributed by atoms with van der Waals surface area (Å²) in [6.07, 6.45) is 3.64. The molecular formula is C24H26N2O3. The highest BCUT2D eigenvalue weighted by molar-refractivity contribution is 5.64. The third-order valence-corrected chi connectivity index (χ3v) is 5.04. The van der Waals surface area contributed by atoms with Gasteiger partial charge in [-0.2, -0.15) is 0 Å². The molecule has 3 aromatic rings. The van der Waals surface area contributed by atoms with Crippen molar-refractivity contribution in [1.29, 1.82) is 0 Å². The summed E-state index contributed by atoms with van der Waals surface area (Å²) in [6, 6.07) is 20.5. The van der Waals surface area contributed by atoms with Crippen molar-refractivity contribution in [3.63, 3.8) is 0 Å². The molecule has 2 heterocycles. The number of aromatic nitrogens is 1. The molecule has 29 heavy (non-hydrogen) atoms. The zero-order chi connectivity index (χ0) is 19.9. The number of rotatable bonds is 7. The van der Waals surface area contributed by atoms with E-state index in [1.54, 1.807) is 13.3 Å². The van der Waals surface area contributed by atoms with Crippen LogP contribution in [-0.2, 0) is 11.3 Å². The van der Waals surface area contributed by atoms with Crippen molar-refractivity contribution in [2.45, 2.75) is 12.6 Å². The van der Waals surface area contributed by atoms with Gasteiger partial charge in [0.2, 0.25) is 0 Å². The summed E-state index contributed by atoms with van der Waals surface area (Å²) >= 11 is 0. The van der Waals surface area contributed by atoms with Crippen LogP contribution in [0.25, 0.3) is 11.1 Å². The van der Waals surface area contributed by atoms with Crippen LogP contribution in [0, 0.1) is 0 Å². The van der Waals surface area contributed by atoms with E-state index in [0.29, 0.717) is 6.61 Å². The highest BCUT2D eigenvalue weighted by atomic mass is 16.5. The lowest BCUT2D eigenvalue weighted by atomic mass is 10.1. The van der Waals surface area contributed by atoms with Gasteiger partial charge in [-0.15, -0.1) is 0 Å². The van der Waals surface area contributed by atoms with Gasteiger partial charge in [0.25, 0.3) is 0 Å². The van der Waals surface area contributed by atoms with Crippen molar-refractivity contribution in [1.82, 2.24) is 9.88 Å². The number of pyridine rings is 1. The molecular weight excluding hydrogens is 364 g/mol. The second kappa shape index (κ2) is 9.54. The first-order valence-corrected chi connectivity index (χ1v) is 9.90. The number of nitrogens with zero attached hydrogens (tertiary/aromatic N) is 2. The zero-order valence-electron chi connectivity index (χ0n) is 16.7. The summed E-state index contributed by atoms with van der Waals surface area (Å²) in [7, 11) is 1.67. The van der Waals surface area contributed by atoms with Crippen LogP contribution >= 0.6 is 0 Å². The third-order valence-electron chi connectivity index (χ3n) is 5.04. The van der Waals surface area contributed by atoms with Crippen LogP contribution in [0.2, 0.25) is 0 Å². The largest absolute Gasteiger partial charge is 0.497 e. The van der Waals surface area contributed by atoms with Gasteiger partial charge in [0, 0.05) is 31.4 Å². The Hall–Kier alpha value is -2.89. The van der Waals surface area contributed by atoms with Crippen LogP contribution < -0.4 is 9.47 Å². The Balaban J connectivity index is 1.33. The normalized spacial score (nSPS) is 17.1. The Bertz CT molecular complexity index is 900. The Labute approximate surface area is 171 Å². The highest BCUT2D eigenvalue weighted by Gasteiger charge is 2.21. The predicted molar refractivity (Wildman–Crippen MR) is 113 cm³/mol. The number of ether oxygens (including phenoxy) is 3. The monoisotopic (exact) mass is 390 g/mol. The van der Waals surface area contributed by atoms with Gasteiger partial charge in [0.1, 0.15) is 24.2 Å². The molecule has 0 radical (unpaired) electrons. The summed E-state index contributed by atoms with van der Waals surface area (Å²) in [4.78, 5) is 6.75. The molecule has 5 nitrogen and oxygen atoms in total. The maximum Gasteiger partial charge on any atom is 0.138 e. The van der Waals surface area contributed by atoms with E-state index in [4.69, 9.17) is 14.2 Å². The van der Waals surface area contributed by atoms with Crippen molar-refractivity contribution in [2.24, 2.45) is 0 Å². The molecule has 150 valence electrons. The van der Waals surface area contributed by atoms with E-state index >= 15 is 0 Å². The van der Waals surface area contributed by atoms with Crippen molar-refractivity contribution in [3.8, 4) is 22.6 Å². The molecule has 1 fully saturated rings. The van der Waals surface area contributed by atoms with Crippen LogP contribution in [0.5, 0.6) is 11.5 Å².